The Balaban J connectivity index is 5.05. The van der Waals surface area contributed by atoms with Crippen molar-refractivity contribution in [3.05, 3.63) is 60.8 Å². The van der Waals surface area contributed by atoms with Crippen LogP contribution in [0.5, 0.6) is 0 Å². The molecule has 0 aliphatic rings. The minimum atomic E-state index is -0.410. The van der Waals surface area contributed by atoms with Gasteiger partial charge in [-0.1, -0.05) is 210 Å². The first-order chi connectivity index (χ1) is 33.2. The van der Waals surface area contributed by atoms with Crippen LogP contribution >= 0.6 is 0 Å². The Morgan fingerprint density at radius 1 is 0.397 bits per heavy atom. The van der Waals surface area contributed by atoms with E-state index in [-0.39, 0.29) is 11.8 Å². The van der Waals surface area contributed by atoms with E-state index in [2.05, 4.69) is 113 Å². The summed E-state index contributed by atoms with van der Waals surface area (Å²) < 4.78 is 0.924. The van der Waals surface area contributed by atoms with Crippen LogP contribution in [0.25, 0.3) is 0 Å². The molecule has 68 heavy (non-hydrogen) atoms. The zero-order valence-electron chi connectivity index (χ0n) is 46.7. The number of carbonyl (C=O) groups is 2. The van der Waals surface area contributed by atoms with E-state index >= 15 is 0 Å². The Kier molecular flexibility index (Phi) is 50.6. The van der Waals surface area contributed by atoms with Gasteiger partial charge in [0.15, 0.2) is 0 Å². The summed E-state index contributed by atoms with van der Waals surface area (Å²) in [6, 6.07) is -0.410. The normalized spacial score (nSPS) is 12.9. The second kappa shape index (κ2) is 52.4. The Morgan fingerprint density at radius 2 is 0.721 bits per heavy atom. The van der Waals surface area contributed by atoms with E-state index in [4.69, 9.17) is 0 Å². The van der Waals surface area contributed by atoms with Gasteiger partial charge in [0.05, 0.1) is 27.7 Å². The highest BCUT2D eigenvalue weighted by atomic mass is 16.2. The van der Waals surface area contributed by atoms with Gasteiger partial charge in [0.25, 0.3) is 0 Å². The van der Waals surface area contributed by atoms with Gasteiger partial charge in [-0.05, 0) is 128 Å². The van der Waals surface area contributed by atoms with E-state index in [1.165, 1.54) is 199 Å². The molecular formula is C63H118N3O2+. The molecule has 0 aliphatic heterocycles. The summed E-state index contributed by atoms with van der Waals surface area (Å²) in [5.74, 6) is 0.230. The van der Waals surface area contributed by atoms with E-state index in [0.29, 0.717) is 6.42 Å². The standard InChI is InChI=1S/C63H117N3O2/c1-7-10-13-16-19-22-25-28-31-34-37-40-43-46-49-53-58-65(59-54-50-47-44-41-38-35-32-29-26-23-20-17-14-11-8-2)63(68)61(56-52-55-60-66(4,5)6)64-62(67)57-51-48-45-42-39-36-33-30-27-24-21-18-15-12-9-3/h19-20,22-23,28-33,61H,7-18,21,24-27,34-60H2,1-6H3/p+1/b22-19-,23-20-,31-28-,32-29-,33-30-/t61-/m0/s1. The molecular weight excluding hydrogens is 831 g/mol. The van der Waals surface area contributed by atoms with E-state index in [0.717, 1.165) is 81.9 Å². The lowest BCUT2D eigenvalue weighted by molar-refractivity contribution is -0.870. The number of rotatable bonds is 52. The minimum Gasteiger partial charge on any atom is -0.344 e. The van der Waals surface area contributed by atoms with Gasteiger partial charge in [0.1, 0.15) is 6.04 Å². The summed E-state index contributed by atoms with van der Waals surface area (Å²) in [5.41, 5.74) is 0. The molecule has 5 heteroatoms. The number of amides is 2. The fourth-order valence-corrected chi connectivity index (χ4v) is 8.95. The first-order valence-electron chi connectivity index (χ1n) is 29.9. The fourth-order valence-electron chi connectivity index (χ4n) is 8.95. The predicted octanol–water partition coefficient (Wildman–Crippen LogP) is 18.8. The molecule has 0 fully saturated rings. The molecule has 5 nitrogen and oxygen atoms in total. The second-order valence-electron chi connectivity index (χ2n) is 21.5. The van der Waals surface area contributed by atoms with Gasteiger partial charge in [-0.15, -0.1) is 0 Å². The third kappa shape index (κ3) is 50.0. The molecule has 1 N–H and O–H groups in total. The maximum Gasteiger partial charge on any atom is 0.245 e. The first-order valence-corrected chi connectivity index (χ1v) is 29.9. The van der Waals surface area contributed by atoms with Crippen molar-refractivity contribution < 1.29 is 14.1 Å². The van der Waals surface area contributed by atoms with Crippen molar-refractivity contribution in [3.63, 3.8) is 0 Å². The first kappa shape index (κ1) is 65.6. The van der Waals surface area contributed by atoms with Crippen LogP contribution < -0.4 is 5.32 Å². The van der Waals surface area contributed by atoms with Crippen molar-refractivity contribution in [2.24, 2.45) is 0 Å². The third-order valence-electron chi connectivity index (χ3n) is 13.4. The van der Waals surface area contributed by atoms with Crippen molar-refractivity contribution >= 4 is 11.8 Å². The van der Waals surface area contributed by atoms with E-state index in [1.807, 2.05) is 0 Å². The summed E-state index contributed by atoms with van der Waals surface area (Å²) in [6.07, 6.45) is 72.4. The molecule has 0 spiro atoms. The molecule has 0 radical (unpaired) electrons. The lowest BCUT2D eigenvalue weighted by Gasteiger charge is -2.29. The molecule has 396 valence electrons. The van der Waals surface area contributed by atoms with Crippen molar-refractivity contribution in [3.8, 4) is 0 Å². The molecule has 0 saturated heterocycles. The van der Waals surface area contributed by atoms with Crippen LogP contribution in [-0.4, -0.2) is 68.0 Å². The number of unbranched alkanes of at least 4 members (excludes halogenated alkanes) is 30. The van der Waals surface area contributed by atoms with Crippen LogP contribution in [0.15, 0.2) is 60.8 Å². The molecule has 0 bridgehead atoms. The summed E-state index contributed by atoms with van der Waals surface area (Å²) in [6.45, 7) is 9.51. The highest BCUT2D eigenvalue weighted by Crippen LogP contribution is 2.16. The van der Waals surface area contributed by atoms with Gasteiger partial charge < -0.3 is 14.7 Å². The summed E-state index contributed by atoms with van der Waals surface area (Å²) in [7, 11) is 6.71. The molecule has 0 heterocycles. The molecule has 0 unspecified atom stereocenters. The van der Waals surface area contributed by atoms with Gasteiger partial charge in [-0.3, -0.25) is 9.59 Å². The Hall–Kier alpha value is -2.40. The molecule has 0 aromatic carbocycles. The van der Waals surface area contributed by atoms with Crippen LogP contribution in [0.3, 0.4) is 0 Å². The second-order valence-corrected chi connectivity index (χ2v) is 21.5. The monoisotopic (exact) mass is 949 g/mol. The summed E-state index contributed by atoms with van der Waals surface area (Å²) in [4.78, 5) is 30.0. The Bertz CT molecular complexity index is 1180. The van der Waals surface area contributed by atoms with Gasteiger partial charge in [-0.25, -0.2) is 0 Å². The largest absolute Gasteiger partial charge is 0.344 e. The number of nitrogens with one attached hydrogen (secondary N) is 1. The van der Waals surface area contributed by atoms with Crippen LogP contribution in [0.1, 0.15) is 284 Å². The van der Waals surface area contributed by atoms with E-state index in [1.54, 1.807) is 0 Å². The lowest BCUT2D eigenvalue weighted by Crippen LogP contribution is -2.49. The molecule has 0 aromatic rings. The topological polar surface area (TPSA) is 49.4 Å². The predicted molar refractivity (Wildman–Crippen MR) is 303 cm³/mol. The van der Waals surface area contributed by atoms with Crippen molar-refractivity contribution in [2.45, 2.75) is 290 Å². The van der Waals surface area contributed by atoms with Crippen LogP contribution in [0.2, 0.25) is 0 Å². The van der Waals surface area contributed by atoms with E-state index < -0.39 is 6.04 Å². The van der Waals surface area contributed by atoms with Gasteiger partial charge >= 0.3 is 0 Å². The SMILES string of the molecule is CCCCC/C=C\C/C=C\CCCCCCCCN(CCCCCCCC/C=C\C/C=C\CCCCC)C(=O)[C@H](CCCC[N+](C)(C)C)NC(=O)CCCCCCC/C=C\CCCCCCCC. The molecule has 1 atom stereocenters. The van der Waals surface area contributed by atoms with Crippen LogP contribution in [-0.2, 0) is 9.59 Å². The zero-order valence-corrected chi connectivity index (χ0v) is 46.7. The highest BCUT2D eigenvalue weighted by Gasteiger charge is 2.25. The van der Waals surface area contributed by atoms with Crippen molar-refractivity contribution in [1.82, 2.24) is 10.2 Å². The van der Waals surface area contributed by atoms with Gasteiger partial charge in [0, 0.05) is 19.5 Å². The molecule has 0 aliphatic carbocycles. The number of quaternary nitrogens is 1. The number of hydrogen-bond donors (Lipinski definition) is 1. The van der Waals surface area contributed by atoms with Gasteiger partial charge in [-0.2, -0.15) is 0 Å². The molecule has 0 saturated carbocycles. The quantitative estimate of drug-likeness (QED) is 0.0375. The van der Waals surface area contributed by atoms with Crippen LogP contribution in [0.4, 0.5) is 0 Å². The maximum atomic E-state index is 14.4. The fraction of sp³-hybridized carbons (Fsp3) is 0.810. The third-order valence-corrected chi connectivity index (χ3v) is 13.4. The maximum absolute atomic E-state index is 14.4. The van der Waals surface area contributed by atoms with Crippen molar-refractivity contribution in [2.75, 3.05) is 40.8 Å². The number of nitrogens with zero attached hydrogens (tertiary/aromatic N) is 2. The van der Waals surface area contributed by atoms with Crippen molar-refractivity contribution in [1.29, 1.82) is 0 Å². The molecule has 0 aromatic heterocycles. The average Bonchev–Trinajstić information content (AvgIpc) is 3.32. The van der Waals surface area contributed by atoms with E-state index in [9.17, 15) is 9.59 Å². The number of carbonyl (C=O) groups excluding carboxylic acids is 2. The molecule has 0 rings (SSSR count). The lowest BCUT2D eigenvalue weighted by atomic mass is 10.0. The summed E-state index contributed by atoms with van der Waals surface area (Å²) >= 11 is 0. The number of allylic oxidation sites excluding steroid dienone is 10. The number of hydrogen-bond acceptors (Lipinski definition) is 2. The Morgan fingerprint density at radius 3 is 1.12 bits per heavy atom. The average molecular weight is 950 g/mol. The van der Waals surface area contributed by atoms with Crippen LogP contribution in [0, 0.1) is 0 Å². The molecule has 2 amide bonds. The summed E-state index contributed by atoms with van der Waals surface area (Å²) in [5, 5.41) is 3.29. The zero-order chi connectivity index (χ0) is 49.7. The van der Waals surface area contributed by atoms with Gasteiger partial charge in [0.2, 0.25) is 11.8 Å². The smallest absolute Gasteiger partial charge is 0.245 e. The Labute approximate surface area is 426 Å². The minimum absolute atomic E-state index is 0.0648. The highest BCUT2D eigenvalue weighted by molar-refractivity contribution is 5.87.